The first-order valence-electron chi connectivity index (χ1n) is 4.84. The quantitative estimate of drug-likeness (QED) is 0.572. The zero-order chi connectivity index (χ0) is 10.8. The Kier molecular flexibility index (Phi) is 2.55. The first-order chi connectivity index (χ1) is 7.18. The van der Waals surface area contributed by atoms with Crippen molar-refractivity contribution in [2.45, 2.75) is 12.3 Å². The van der Waals surface area contributed by atoms with Gasteiger partial charge in [-0.25, -0.2) is 9.86 Å². The molecular formula is C10H13N3O2. The van der Waals surface area contributed by atoms with Crippen LogP contribution in [0.4, 0.5) is 4.79 Å². The molecule has 0 radical (unpaired) electrons. The van der Waals surface area contributed by atoms with E-state index in [4.69, 9.17) is 10.9 Å². The first-order valence-corrected chi connectivity index (χ1v) is 4.84. The molecule has 0 bridgehead atoms. The molecule has 1 aliphatic carbocycles. The van der Waals surface area contributed by atoms with Gasteiger partial charge in [-0.15, -0.1) is 0 Å². The second-order valence-corrected chi connectivity index (χ2v) is 3.80. The number of primary amides is 1. The zero-order valence-corrected chi connectivity index (χ0v) is 8.21. The van der Waals surface area contributed by atoms with E-state index >= 15 is 0 Å². The largest absolute Gasteiger partial charge is 0.350 e. The molecule has 1 aromatic heterocycles. The fraction of sp³-hybridized carbons (Fsp3) is 0.400. The number of pyridine rings is 1. The van der Waals surface area contributed by atoms with Gasteiger partial charge < -0.3 is 5.73 Å². The molecule has 1 saturated carbocycles. The van der Waals surface area contributed by atoms with Crippen molar-refractivity contribution in [3.05, 3.63) is 30.1 Å². The Morgan fingerprint density at radius 2 is 2.27 bits per heavy atom. The van der Waals surface area contributed by atoms with Gasteiger partial charge in [-0.1, -0.05) is 0 Å². The zero-order valence-electron chi connectivity index (χ0n) is 8.21. The molecule has 2 amide bonds. The van der Waals surface area contributed by atoms with Crippen molar-refractivity contribution < 1.29 is 10.0 Å². The van der Waals surface area contributed by atoms with E-state index in [0.717, 1.165) is 6.42 Å². The monoisotopic (exact) mass is 207 g/mol. The Balaban J connectivity index is 1.89. The molecule has 5 nitrogen and oxygen atoms in total. The molecule has 2 rings (SSSR count). The lowest BCUT2D eigenvalue weighted by Crippen LogP contribution is -2.34. The molecule has 0 aliphatic heterocycles. The Labute approximate surface area is 87.5 Å². The smallest absolute Gasteiger partial charge is 0.338 e. The number of nitrogens with two attached hydrogens (primary N) is 1. The summed E-state index contributed by atoms with van der Waals surface area (Å²) in [5.74, 6) is 0.729. The minimum atomic E-state index is -0.796. The van der Waals surface area contributed by atoms with Gasteiger partial charge in [0.05, 0.1) is 6.54 Å². The third-order valence-corrected chi connectivity index (χ3v) is 2.72. The second kappa shape index (κ2) is 3.86. The number of urea groups is 1. The number of carbonyl (C=O) groups excluding carboxylic acids is 1. The van der Waals surface area contributed by atoms with Crippen LogP contribution in [0.3, 0.4) is 0 Å². The van der Waals surface area contributed by atoms with E-state index < -0.39 is 6.03 Å². The Morgan fingerprint density at radius 1 is 1.60 bits per heavy atom. The molecule has 0 spiro atoms. The van der Waals surface area contributed by atoms with Crippen LogP contribution < -0.4 is 5.73 Å². The summed E-state index contributed by atoms with van der Waals surface area (Å²) in [7, 11) is 0. The predicted octanol–water partition coefficient (Wildman–Crippen LogP) is 0.955. The lowest BCUT2D eigenvalue weighted by atomic mass is 10.1. The van der Waals surface area contributed by atoms with Crippen LogP contribution in [0.1, 0.15) is 17.9 Å². The Bertz CT molecular complexity index is 355. The highest BCUT2D eigenvalue weighted by Gasteiger charge is 2.39. The molecule has 1 fully saturated rings. The Morgan fingerprint density at radius 3 is 2.87 bits per heavy atom. The summed E-state index contributed by atoms with van der Waals surface area (Å²) >= 11 is 0. The molecule has 1 aromatic rings. The highest BCUT2D eigenvalue weighted by molar-refractivity contribution is 5.70. The number of hydrogen-bond acceptors (Lipinski definition) is 3. The van der Waals surface area contributed by atoms with Gasteiger partial charge in [0.2, 0.25) is 0 Å². The van der Waals surface area contributed by atoms with E-state index in [2.05, 4.69) is 4.98 Å². The molecule has 2 atom stereocenters. The van der Waals surface area contributed by atoms with Crippen molar-refractivity contribution in [1.82, 2.24) is 10.0 Å². The standard InChI is InChI=1S/C10H13N3O2/c11-10(14)13(15)6-8-5-9(8)7-1-3-12-4-2-7/h1-4,8-9,15H,5-6H2,(H2,11,14)/t8-,9-/m0/s1. The SMILES string of the molecule is NC(=O)N(O)C[C@@H]1C[C@H]1c1ccncc1. The van der Waals surface area contributed by atoms with E-state index in [1.807, 2.05) is 12.1 Å². The van der Waals surface area contributed by atoms with Crippen molar-refractivity contribution in [3.63, 3.8) is 0 Å². The van der Waals surface area contributed by atoms with E-state index in [1.165, 1.54) is 5.56 Å². The van der Waals surface area contributed by atoms with E-state index in [1.54, 1.807) is 12.4 Å². The van der Waals surface area contributed by atoms with Gasteiger partial charge in [0.1, 0.15) is 0 Å². The van der Waals surface area contributed by atoms with Crippen molar-refractivity contribution in [1.29, 1.82) is 0 Å². The van der Waals surface area contributed by atoms with Gasteiger partial charge in [-0.3, -0.25) is 10.2 Å². The van der Waals surface area contributed by atoms with E-state index in [9.17, 15) is 4.79 Å². The summed E-state index contributed by atoms with van der Waals surface area (Å²) in [5, 5.41) is 9.72. The number of nitrogens with zero attached hydrogens (tertiary/aromatic N) is 2. The van der Waals surface area contributed by atoms with E-state index in [0.29, 0.717) is 23.4 Å². The average molecular weight is 207 g/mol. The normalized spacial score (nSPS) is 23.5. The second-order valence-electron chi connectivity index (χ2n) is 3.80. The van der Waals surface area contributed by atoms with Gasteiger partial charge in [0.15, 0.2) is 0 Å². The molecular weight excluding hydrogens is 194 g/mol. The first kappa shape index (κ1) is 9.92. The summed E-state index contributed by atoms with van der Waals surface area (Å²) in [6.45, 7) is 0.308. The van der Waals surface area contributed by atoms with Crippen LogP contribution in [-0.2, 0) is 0 Å². The maximum atomic E-state index is 10.6. The summed E-state index contributed by atoms with van der Waals surface area (Å²) in [6.07, 6.45) is 4.47. The summed E-state index contributed by atoms with van der Waals surface area (Å²) in [4.78, 5) is 14.5. The highest BCUT2D eigenvalue weighted by Crippen LogP contribution is 2.47. The fourth-order valence-electron chi connectivity index (χ4n) is 1.78. The van der Waals surface area contributed by atoms with Crippen molar-refractivity contribution in [2.75, 3.05) is 6.54 Å². The van der Waals surface area contributed by atoms with Crippen LogP contribution in [0.2, 0.25) is 0 Å². The van der Waals surface area contributed by atoms with Gasteiger partial charge in [-0.2, -0.15) is 0 Å². The van der Waals surface area contributed by atoms with Gasteiger partial charge >= 0.3 is 6.03 Å². The van der Waals surface area contributed by atoms with Gasteiger partial charge in [0, 0.05) is 12.4 Å². The van der Waals surface area contributed by atoms with Crippen LogP contribution in [0, 0.1) is 5.92 Å². The molecule has 3 N–H and O–H groups in total. The molecule has 0 aromatic carbocycles. The summed E-state index contributed by atoms with van der Waals surface area (Å²) in [5.41, 5.74) is 6.12. The minimum absolute atomic E-state index is 0.308. The van der Waals surface area contributed by atoms with Crippen LogP contribution >= 0.6 is 0 Å². The van der Waals surface area contributed by atoms with E-state index in [-0.39, 0.29) is 0 Å². The maximum Gasteiger partial charge on any atom is 0.338 e. The average Bonchev–Trinajstić information content (AvgIpc) is 2.98. The minimum Gasteiger partial charge on any atom is -0.350 e. The van der Waals surface area contributed by atoms with Gasteiger partial charge in [-0.05, 0) is 36.0 Å². The van der Waals surface area contributed by atoms with Crippen molar-refractivity contribution >= 4 is 6.03 Å². The molecule has 1 aliphatic rings. The lowest BCUT2D eigenvalue weighted by molar-refractivity contribution is -0.0431. The van der Waals surface area contributed by atoms with Crippen LogP contribution in [0.25, 0.3) is 0 Å². The summed E-state index contributed by atoms with van der Waals surface area (Å²) < 4.78 is 0. The molecule has 15 heavy (non-hydrogen) atoms. The fourth-order valence-corrected chi connectivity index (χ4v) is 1.78. The summed E-state index contributed by atoms with van der Waals surface area (Å²) in [6, 6.07) is 3.11. The van der Waals surface area contributed by atoms with Crippen molar-refractivity contribution in [2.24, 2.45) is 11.7 Å². The third kappa shape index (κ3) is 2.24. The molecule has 0 saturated heterocycles. The molecule has 5 heteroatoms. The number of carbonyl (C=O) groups is 1. The predicted molar refractivity (Wildman–Crippen MR) is 53.2 cm³/mol. The van der Waals surface area contributed by atoms with Crippen LogP contribution in [0.5, 0.6) is 0 Å². The highest BCUT2D eigenvalue weighted by atomic mass is 16.5. The van der Waals surface area contributed by atoms with Gasteiger partial charge in [0.25, 0.3) is 0 Å². The Hall–Kier alpha value is -1.62. The van der Waals surface area contributed by atoms with Crippen LogP contribution in [-0.4, -0.2) is 27.8 Å². The van der Waals surface area contributed by atoms with Crippen molar-refractivity contribution in [3.8, 4) is 0 Å². The molecule has 1 heterocycles. The maximum absolute atomic E-state index is 10.6. The number of amides is 2. The number of aromatic nitrogens is 1. The molecule has 0 unspecified atom stereocenters. The number of hydrogen-bond donors (Lipinski definition) is 2. The number of rotatable bonds is 3. The third-order valence-electron chi connectivity index (χ3n) is 2.72. The lowest BCUT2D eigenvalue weighted by Gasteiger charge is -2.10. The van der Waals surface area contributed by atoms with Crippen LogP contribution in [0.15, 0.2) is 24.5 Å². The molecule has 80 valence electrons. The topological polar surface area (TPSA) is 79.5 Å². The number of hydroxylamine groups is 2.